The third kappa shape index (κ3) is 1.25. The van der Waals surface area contributed by atoms with Gasteiger partial charge in [-0.25, -0.2) is 0 Å². The van der Waals surface area contributed by atoms with Crippen molar-refractivity contribution >= 4 is 5.97 Å². The summed E-state index contributed by atoms with van der Waals surface area (Å²) in [6, 6.07) is 0. The van der Waals surface area contributed by atoms with E-state index in [9.17, 15) is 4.79 Å². The topological polar surface area (TPSA) is 75.3 Å². The Labute approximate surface area is 83.9 Å². The lowest BCUT2D eigenvalue weighted by Crippen LogP contribution is -2.51. The largest absolute Gasteiger partial charge is 0.481 e. The van der Waals surface area contributed by atoms with Crippen LogP contribution in [0.2, 0.25) is 0 Å². The van der Waals surface area contributed by atoms with Gasteiger partial charge in [-0.05, 0) is 31.7 Å². The van der Waals surface area contributed by atoms with Crippen molar-refractivity contribution in [1.82, 2.24) is 5.32 Å². The van der Waals surface area contributed by atoms with Crippen LogP contribution in [0.15, 0.2) is 0 Å². The van der Waals surface area contributed by atoms with Gasteiger partial charge in [-0.2, -0.15) is 0 Å². The predicted octanol–water partition coefficient (Wildman–Crippen LogP) is 0.382. The maximum atomic E-state index is 11.1. The first-order valence-electron chi connectivity index (χ1n) is 5.31. The number of nitrogens with one attached hydrogen (secondary N) is 1. The van der Waals surface area contributed by atoms with Crippen LogP contribution in [0.1, 0.15) is 26.2 Å². The Kier molecular flexibility index (Phi) is 2.27. The molecule has 0 aromatic rings. The standard InChI is InChI=1S/C10H18N2O2/c1-6(8(13)14)10(7-2-3-7)4-5-12-9(10)11/h6-7,9,12H,2-5,11H2,1H3,(H,13,14)/t6-,9?,10?/m1/s1. The van der Waals surface area contributed by atoms with Crippen LogP contribution in [0.25, 0.3) is 0 Å². The summed E-state index contributed by atoms with van der Waals surface area (Å²) in [6.45, 7) is 2.66. The lowest BCUT2D eigenvalue weighted by Gasteiger charge is -2.36. The van der Waals surface area contributed by atoms with Crippen LogP contribution >= 0.6 is 0 Å². The molecule has 1 aliphatic heterocycles. The average Bonchev–Trinajstić information content (AvgIpc) is 2.90. The second kappa shape index (κ2) is 3.21. The molecule has 0 amide bonds. The molecule has 2 unspecified atom stereocenters. The summed E-state index contributed by atoms with van der Waals surface area (Å²) in [6.07, 6.45) is 3.06. The van der Waals surface area contributed by atoms with Crippen LogP contribution in [0, 0.1) is 17.3 Å². The number of hydrogen-bond donors (Lipinski definition) is 3. The van der Waals surface area contributed by atoms with Crippen LogP contribution in [-0.2, 0) is 4.79 Å². The van der Waals surface area contributed by atoms with Gasteiger partial charge in [-0.15, -0.1) is 0 Å². The third-order valence-electron chi connectivity index (χ3n) is 4.02. The van der Waals surface area contributed by atoms with Crippen LogP contribution in [0.5, 0.6) is 0 Å². The van der Waals surface area contributed by atoms with Gasteiger partial charge in [0.15, 0.2) is 0 Å². The Morgan fingerprint density at radius 3 is 2.64 bits per heavy atom. The fraction of sp³-hybridized carbons (Fsp3) is 0.900. The molecule has 2 fully saturated rings. The molecule has 1 saturated heterocycles. The normalized spacial score (nSPS) is 39.7. The third-order valence-corrected chi connectivity index (χ3v) is 4.02. The second-order valence-corrected chi connectivity index (χ2v) is 4.63. The van der Waals surface area contributed by atoms with Gasteiger partial charge in [0.2, 0.25) is 0 Å². The molecule has 2 rings (SSSR count). The van der Waals surface area contributed by atoms with Crippen molar-refractivity contribution in [3.8, 4) is 0 Å². The zero-order valence-corrected chi connectivity index (χ0v) is 8.49. The van der Waals surface area contributed by atoms with E-state index in [2.05, 4.69) is 5.32 Å². The molecule has 2 aliphatic rings. The first kappa shape index (κ1) is 9.93. The lowest BCUT2D eigenvalue weighted by atomic mass is 9.69. The van der Waals surface area contributed by atoms with E-state index in [0.29, 0.717) is 5.92 Å². The second-order valence-electron chi connectivity index (χ2n) is 4.63. The Bertz CT molecular complexity index is 253. The fourth-order valence-electron chi connectivity index (χ4n) is 2.94. The smallest absolute Gasteiger partial charge is 0.306 e. The summed E-state index contributed by atoms with van der Waals surface area (Å²) >= 11 is 0. The van der Waals surface area contributed by atoms with Crippen LogP contribution in [-0.4, -0.2) is 23.8 Å². The number of carbonyl (C=O) groups is 1. The van der Waals surface area contributed by atoms with Gasteiger partial charge in [0.05, 0.1) is 12.1 Å². The Balaban J connectivity index is 2.25. The molecule has 0 spiro atoms. The van der Waals surface area contributed by atoms with Crippen molar-refractivity contribution in [2.75, 3.05) is 6.54 Å². The highest BCUT2D eigenvalue weighted by molar-refractivity contribution is 5.71. The maximum Gasteiger partial charge on any atom is 0.306 e. The number of rotatable bonds is 3. The van der Waals surface area contributed by atoms with Crippen molar-refractivity contribution in [3.05, 3.63) is 0 Å². The highest BCUT2D eigenvalue weighted by Gasteiger charge is 2.56. The van der Waals surface area contributed by atoms with Gasteiger partial charge >= 0.3 is 5.97 Å². The van der Waals surface area contributed by atoms with Gasteiger partial charge in [0.25, 0.3) is 0 Å². The van der Waals surface area contributed by atoms with E-state index in [-0.39, 0.29) is 17.5 Å². The number of hydrogen-bond acceptors (Lipinski definition) is 3. The quantitative estimate of drug-likeness (QED) is 0.613. The zero-order valence-electron chi connectivity index (χ0n) is 8.49. The van der Waals surface area contributed by atoms with Gasteiger partial charge in [0, 0.05) is 5.41 Å². The highest BCUT2D eigenvalue weighted by Crippen LogP contribution is 2.55. The number of aliphatic carboxylic acids is 1. The molecule has 1 aliphatic carbocycles. The molecule has 1 saturated carbocycles. The molecule has 1 heterocycles. The van der Waals surface area contributed by atoms with Crippen molar-refractivity contribution in [2.24, 2.45) is 23.0 Å². The summed E-state index contributed by atoms with van der Waals surface area (Å²) in [7, 11) is 0. The minimum Gasteiger partial charge on any atom is -0.481 e. The first-order valence-corrected chi connectivity index (χ1v) is 5.31. The summed E-state index contributed by atoms with van der Waals surface area (Å²) < 4.78 is 0. The monoisotopic (exact) mass is 198 g/mol. The van der Waals surface area contributed by atoms with Gasteiger partial charge in [0.1, 0.15) is 0 Å². The first-order chi connectivity index (χ1) is 6.59. The Morgan fingerprint density at radius 1 is 1.64 bits per heavy atom. The van der Waals surface area contributed by atoms with Crippen LogP contribution in [0.4, 0.5) is 0 Å². The van der Waals surface area contributed by atoms with Gasteiger partial charge < -0.3 is 16.2 Å². The highest BCUT2D eigenvalue weighted by atomic mass is 16.4. The van der Waals surface area contributed by atoms with Crippen molar-refractivity contribution < 1.29 is 9.90 Å². The van der Waals surface area contributed by atoms with E-state index in [4.69, 9.17) is 10.8 Å². The molecular weight excluding hydrogens is 180 g/mol. The molecule has 4 heteroatoms. The predicted molar refractivity (Wildman–Crippen MR) is 52.6 cm³/mol. The average molecular weight is 198 g/mol. The molecule has 14 heavy (non-hydrogen) atoms. The van der Waals surface area contributed by atoms with Crippen LogP contribution in [0.3, 0.4) is 0 Å². The van der Waals surface area contributed by atoms with Crippen molar-refractivity contribution in [3.63, 3.8) is 0 Å². The van der Waals surface area contributed by atoms with Crippen LogP contribution < -0.4 is 11.1 Å². The molecule has 3 atom stereocenters. The molecule has 0 aromatic carbocycles. The molecule has 4 nitrogen and oxygen atoms in total. The fourth-order valence-corrected chi connectivity index (χ4v) is 2.94. The number of nitrogens with two attached hydrogens (primary N) is 1. The number of carboxylic acid groups (broad SMARTS) is 1. The molecule has 0 aromatic heterocycles. The van der Waals surface area contributed by atoms with Gasteiger partial charge in [-0.3, -0.25) is 4.79 Å². The molecule has 4 N–H and O–H groups in total. The molecule has 0 radical (unpaired) electrons. The Hall–Kier alpha value is -0.610. The van der Waals surface area contributed by atoms with Crippen molar-refractivity contribution in [1.29, 1.82) is 0 Å². The Morgan fingerprint density at radius 2 is 2.29 bits per heavy atom. The molecular formula is C10H18N2O2. The minimum absolute atomic E-state index is 0.138. The van der Waals surface area contributed by atoms with Gasteiger partial charge in [-0.1, -0.05) is 6.92 Å². The lowest BCUT2D eigenvalue weighted by molar-refractivity contribution is -0.147. The zero-order chi connectivity index (χ0) is 10.3. The van der Waals surface area contributed by atoms with E-state index >= 15 is 0 Å². The van der Waals surface area contributed by atoms with Crippen molar-refractivity contribution in [2.45, 2.75) is 32.4 Å². The summed E-state index contributed by atoms with van der Waals surface area (Å²) in [5, 5.41) is 12.3. The summed E-state index contributed by atoms with van der Waals surface area (Å²) in [5.41, 5.74) is 5.83. The number of carboxylic acids is 1. The van der Waals surface area contributed by atoms with E-state index in [1.165, 1.54) is 0 Å². The summed E-state index contributed by atoms with van der Waals surface area (Å²) in [4.78, 5) is 11.1. The minimum atomic E-state index is -0.712. The van der Waals surface area contributed by atoms with E-state index < -0.39 is 5.97 Å². The molecule has 80 valence electrons. The summed E-state index contributed by atoms with van der Waals surface area (Å²) in [5.74, 6) is -0.519. The van der Waals surface area contributed by atoms with E-state index in [1.54, 1.807) is 6.92 Å². The molecule has 0 bridgehead atoms. The van der Waals surface area contributed by atoms with E-state index in [1.807, 2.05) is 0 Å². The SMILES string of the molecule is C[C@H](C(=O)O)C1(C2CC2)CCNC1N. The maximum absolute atomic E-state index is 11.1. The van der Waals surface area contributed by atoms with E-state index in [0.717, 1.165) is 25.8 Å².